The standard InChI is InChI=1S/C12H19N3O2S/c1-3-12(6-7-12)9-15-11-5-4-10(8-14-11)18(16,17)13-2/h4-5,8,13H,3,6-7,9H2,1-2H3,(H,14,15). The van der Waals surface area contributed by atoms with Gasteiger partial charge in [0.1, 0.15) is 10.7 Å². The number of sulfonamides is 1. The molecule has 1 fully saturated rings. The van der Waals surface area contributed by atoms with Gasteiger partial charge < -0.3 is 5.32 Å². The van der Waals surface area contributed by atoms with Crippen LogP contribution in [-0.4, -0.2) is 27.0 Å². The van der Waals surface area contributed by atoms with Gasteiger partial charge >= 0.3 is 0 Å². The van der Waals surface area contributed by atoms with Crippen LogP contribution in [0.1, 0.15) is 26.2 Å². The maximum absolute atomic E-state index is 11.5. The minimum absolute atomic E-state index is 0.187. The number of hydrogen-bond acceptors (Lipinski definition) is 4. The van der Waals surface area contributed by atoms with Crippen LogP contribution < -0.4 is 10.0 Å². The van der Waals surface area contributed by atoms with Crippen molar-refractivity contribution in [3.8, 4) is 0 Å². The molecule has 2 rings (SSSR count). The van der Waals surface area contributed by atoms with Crippen molar-refractivity contribution in [3.63, 3.8) is 0 Å². The molecular formula is C12H19N3O2S. The van der Waals surface area contributed by atoms with Crippen LogP contribution in [0.5, 0.6) is 0 Å². The topological polar surface area (TPSA) is 71.1 Å². The van der Waals surface area contributed by atoms with E-state index < -0.39 is 10.0 Å². The molecular weight excluding hydrogens is 250 g/mol. The Morgan fingerprint density at radius 2 is 2.11 bits per heavy atom. The molecule has 18 heavy (non-hydrogen) atoms. The van der Waals surface area contributed by atoms with E-state index in [0.717, 1.165) is 12.4 Å². The summed E-state index contributed by atoms with van der Waals surface area (Å²) in [7, 11) is -2.00. The summed E-state index contributed by atoms with van der Waals surface area (Å²) in [5, 5.41) is 3.27. The van der Waals surface area contributed by atoms with Crippen molar-refractivity contribution in [3.05, 3.63) is 18.3 Å². The maximum Gasteiger partial charge on any atom is 0.241 e. The molecule has 1 aromatic rings. The lowest BCUT2D eigenvalue weighted by molar-refractivity contribution is 0.520. The highest BCUT2D eigenvalue weighted by atomic mass is 32.2. The first-order chi connectivity index (χ1) is 8.51. The molecule has 1 aliphatic carbocycles. The van der Waals surface area contributed by atoms with Gasteiger partial charge in [0.2, 0.25) is 10.0 Å². The molecule has 5 nitrogen and oxygen atoms in total. The van der Waals surface area contributed by atoms with Crippen LogP contribution in [0.2, 0.25) is 0 Å². The molecule has 1 heterocycles. The van der Waals surface area contributed by atoms with E-state index >= 15 is 0 Å². The monoisotopic (exact) mass is 269 g/mol. The zero-order valence-corrected chi connectivity index (χ0v) is 11.5. The molecule has 0 aliphatic heterocycles. The second-order valence-corrected chi connectivity index (χ2v) is 6.68. The van der Waals surface area contributed by atoms with E-state index in [2.05, 4.69) is 21.9 Å². The van der Waals surface area contributed by atoms with Crippen LogP contribution in [0.4, 0.5) is 5.82 Å². The molecule has 1 aliphatic rings. The summed E-state index contributed by atoms with van der Waals surface area (Å²) in [5.41, 5.74) is 0.442. The van der Waals surface area contributed by atoms with Crippen LogP contribution in [0.25, 0.3) is 0 Å². The second-order valence-electron chi connectivity index (χ2n) is 4.79. The quantitative estimate of drug-likeness (QED) is 0.822. The minimum Gasteiger partial charge on any atom is -0.370 e. The van der Waals surface area contributed by atoms with Crippen LogP contribution in [0.15, 0.2) is 23.2 Å². The van der Waals surface area contributed by atoms with Crippen LogP contribution in [0.3, 0.4) is 0 Å². The van der Waals surface area contributed by atoms with E-state index in [1.807, 2.05) is 0 Å². The number of nitrogens with one attached hydrogen (secondary N) is 2. The van der Waals surface area contributed by atoms with Crippen LogP contribution in [-0.2, 0) is 10.0 Å². The average Bonchev–Trinajstić information content (AvgIpc) is 3.18. The highest BCUT2D eigenvalue weighted by Crippen LogP contribution is 2.48. The Hall–Kier alpha value is -1.14. The van der Waals surface area contributed by atoms with Crippen molar-refractivity contribution in [2.45, 2.75) is 31.1 Å². The lowest BCUT2D eigenvalue weighted by Gasteiger charge is -2.13. The number of pyridine rings is 1. The molecule has 1 saturated carbocycles. The first-order valence-electron chi connectivity index (χ1n) is 6.15. The van der Waals surface area contributed by atoms with E-state index in [4.69, 9.17) is 0 Å². The lowest BCUT2D eigenvalue weighted by Crippen LogP contribution is -2.19. The third kappa shape index (κ3) is 2.81. The Morgan fingerprint density at radius 1 is 1.39 bits per heavy atom. The zero-order chi connectivity index (χ0) is 13.2. The second kappa shape index (κ2) is 4.85. The number of aromatic nitrogens is 1. The zero-order valence-electron chi connectivity index (χ0n) is 10.7. The van der Waals surface area contributed by atoms with Gasteiger partial charge in [-0.1, -0.05) is 6.92 Å². The van der Waals surface area contributed by atoms with E-state index in [9.17, 15) is 8.42 Å². The van der Waals surface area contributed by atoms with E-state index in [0.29, 0.717) is 5.41 Å². The van der Waals surface area contributed by atoms with Gasteiger partial charge in [0.25, 0.3) is 0 Å². The summed E-state index contributed by atoms with van der Waals surface area (Å²) in [4.78, 5) is 4.31. The summed E-state index contributed by atoms with van der Waals surface area (Å²) in [5.74, 6) is 0.727. The maximum atomic E-state index is 11.5. The van der Waals surface area contributed by atoms with Gasteiger partial charge in [-0.3, -0.25) is 0 Å². The Balaban J connectivity index is 2.00. The molecule has 0 unspecified atom stereocenters. The van der Waals surface area contributed by atoms with Gasteiger partial charge in [0, 0.05) is 12.7 Å². The number of nitrogens with zero attached hydrogens (tertiary/aromatic N) is 1. The van der Waals surface area contributed by atoms with Gasteiger partial charge in [0.05, 0.1) is 0 Å². The highest BCUT2D eigenvalue weighted by Gasteiger charge is 2.40. The van der Waals surface area contributed by atoms with Gasteiger partial charge in [-0.05, 0) is 43.9 Å². The molecule has 2 N–H and O–H groups in total. The van der Waals surface area contributed by atoms with E-state index in [1.54, 1.807) is 12.1 Å². The van der Waals surface area contributed by atoms with Gasteiger partial charge in [0.15, 0.2) is 0 Å². The van der Waals surface area contributed by atoms with E-state index in [1.165, 1.54) is 32.5 Å². The lowest BCUT2D eigenvalue weighted by atomic mass is 10.0. The van der Waals surface area contributed by atoms with Gasteiger partial charge in [-0.2, -0.15) is 0 Å². The molecule has 6 heteroatoms. The van der Waals surface area contributed by atoms with Crippen molar-refractivity contribution in [2.75, 3.05) is 18.9 Å². The number of rotatable bonds is 6. The fraction of sp³-hybridized carbons (Fsp3) is 0.583. The molecule has 100 valence electrons. The summed E-state index contributed by atoms with van der Waals surface area (Å²) in [6.45, 7) is 3.11. The fourth-order valence-electron chi connectivity index (χ4n) is 1.87. The molecule has 1 aromatic heterocycles. The SMILES string of the molecule is CCC1(CNc2ccc(S(=O)(=O)NC)cn2)CC1. The highest BCUT2D eigenvalue weighted by molar-refractivity contribution is 7.89. The number of anilines is 1. The molecule has 0 saturated heterocycles. The third-order valence-corrected chi connectivity index (χ3v) is 5.07. The minimum atomic E-state index is -3.39. The van der Waals surface area contributed by atoms with Crippen molar-refractivity contribution >= 4 is 15.8 Å². The Bertz CT molecular complexity index is 507. The molecule has 0 aromatic carbocycles. The smallest absolute Gasteiger partial charge is 0.241 e. The molecule has 0 radical (unpaired) electrons. The van der Waals surface area contributed by atoms with Gasteiger partial charge in [-0.15, -0.1) is 0 Å². The van der Waals surface area contributed by atoms with Crippen LogP contribution in [0, 0.1) is 5.41 Å². The Labute approximate surface area is 108 Å². The predicted octanol–water partition coefficient (Wildman–Crippen LogP) is 1.59. The fourth-order valence-corrected chi connectivity index (χ4v) is 2.55. The van der Waals surface area contributed by atoms with Crippen molar-refractivity contribution in [2.24, 2.45) is 5.41 Å². The summed E-state index contributed by atoms with van der Waals surface area (Å²) >= 11 is 0. The van der Waals surface area contributed by atoms with Crippen LogP contribution >= 0.6 is 0 Å². The average molecular weight is 269 g/mol. The Morgan fingerprint density at radius 3 is 2.56 bits per heavy atom. The van der Waals surface area contributed by atoms with Gasteiger partial charge in [-0.25, -0.2) is 18.1 Å². The molecule has 0 bridgehead atoms. The summed E-state index contributed by atoms with van der Waals surface area (Å²) < 4.78 is 25.3. The largest absolute Gasteiger partial charge is 0.370 e. The summed E-state index contributed by atoms with van der Waals surface area (Å²) in [6, 6.07) is 3.27. The predicted molar refractivity (Wildman–Crippen MR) is 70.9 cm³/mol. The van der Waals surface area contributed by atoms with Crippen molar-refractivity contribution in [1.29, 1.82) is 0 Å². The molecule has 0 amide bonds. The Kier molecular flexibility index (Phi) is 3.59. The first-order valence-corrected chi connectivity index (χ1v) is 7.63. The summed E-state index contributed by atoms with van der Waals surface area (Å²) in [6.07, 6.45) is 5.08. The molecule has 0 atom stereocenters. The normalized spacial score (nSPS) is 17.4. The number of hydrogen-bond donors (Lipinski definition) is 2. The van der Waals surface area contributed by atoms with Crippen molar-refractivity contribution in [1.82, 2.24) is 9.71 Å². The third-order valence-electron chi connectivity index (χ3n) is 3.67. The van der Waals surface area contributed by atoms with Crippen molar-refractivity contribution < 1.29 is 8.42 Å². The van der Waals surface area contributed by atoms with E-state index in [-0.39, 0.29) is 4.90 Å². The molecule has 0 spiro atoms. The first kappa shape index (κ1) is 13.3.